The van der Waals surface area contributed by atoms with E-state index in [-0.39, 0.29) is 47.4 Å². The molecular formula is C35H34F4N4O6. The second kappa shape index (κ2) is 12.3. The number of carbonyl (C=O) groups is 2. The van der Waals surface area contributed by atoms with E-state index in [1.54, 1.807) is 18.3 Å². The molecule has 4 N–H and O–H groups in total. The van der Waals surface area contributed by atoms with E-state index in [9.17, 15) is 37.4 Å². The Bertz CT molecular complexity index is 1930. The molecule has 2 atom stereocenters. The summed E-state index contributed by atoms with van der Waals surface area (Å²) in [6, 6.07) is 11.8. The van der Waals surface area contributed by atoms with Crippen molar-refractivity contribution in [3.05, 3.63) is 83.4 Å². The van der Waals surface area contributed by atoms with E-state index in [0.717, 1.165) is 31.0 Å². The number of nitrogens with one attached hydrogen (secondary N) is 2. The fraction of sp³-hybridized carbons (Fsp3) is 0.371. The minimum Gasteiger partial charge on any atom is -0.489 e. The molecule has 1 saturated carbocycles. The maximum Gasteiger partial charge on any atom is 0.424 e. The number of alkyl halides is 3. The van der Waals surface area contributed by atoms with E-state index in [1.165, 1.54) is 45.0 Å². The smallest absolute Gasteiger partial charge is 0.424 e. The number of hydrogen-bond donors (Lipinski definition) is 4. The first-order valence-corrected chi connectivity index (χ1v) is 15.6. The number of aliphatic hydroxyl groups is 2. The van der Waals surface area contributed by atoms with Gasteiger partial charge in [-0.25, -0.2) is 9.37 Å². The van der Waals surface area contributed by atoms with Crippen molar-refractivity contribution < 1.29 is 46.8 Å². The second-order valence-electron chi connectivity index (χ2n) is 13.3. The molecule has 6 rings (SSSR count). The summed E-state index contributed by atoms with van der Waals surface area (Å²) in [5.41, 5.74) is -7.13. The molecule has 2 aromatic heterocycles. The standard InChI is InChI=1S/C35H34F4N4O6/c1-32(2,46)16-42-31(45)33(3)18-48-29-24(33)15-26(43-28(29)19-6-8-22(36)9-7-19)34(47,35(37,38)39)17-41-30(44)21-13-20-5-4-12-40-27(20)25(14-21)49-23-10-11-23/h4-9,12-15,23,46-47H,10-11,16-18H2,1-3H3,(H,41,44)(H,42,45)/t33-,34?/m0/s1. The van der Waals surface area contributed by atoms with Crippen LogP contribution in [0.15, 0.2) is 60.8 Å². The molecule has 14 heteroatoms. The van der Waals surface area contributed by atoms with E-state index in [4.69, 9.17) is 9.47 Å². The molecule has 0 radical (unpaired) electrons. The van der Waals surface area contributed by atoms with Crippen LogP contribution in [0, 0.1) is 5.82 Å². The number of ether oxygens (including phenoxy) is 2. The van der Waals surface area contributed by atoms with E-state index in [0.29, 0.717) is 16.7 Å². The average Bonchev–Trinajstić information content (AvgIpc) is 3.81. The topological polar surface area (TPSA) is 143 Å². The fourth-order valence-electron chi connectivity index (χ4n) is 5.47. The van der Waals surface area contributed by atoms with Gasteiger partial charge in [-0.2, -0.15) is 13.2 Å². The normalized spacial score (nSPS) is 18.7. The molecule has 1 fully saturated rings. The molecule has 2 aliphatic rings. The van der Waals surface area contributed by atoms with Gasteiger partial charge in [0.1, 0.15) is 40.5 Å². The Hall–Kier alpha value is -4.82. The summed E-state index contributed by atoms with van der Waals surface area (Å²) in [6.07, 6.45) is -2.23. The maximum atomic E-state index is 15.0. The van der Waals surface area contributed by atoms with Crippen molar-refractivity contribution >= 4 is 22.7 Å². The monoisotopic (exact) mass is 682 g/mol. The first-order chi connectivity index (χ1) is 23.0. The van der Waals surface area contributed by atoms with Crippen molar-refractivity contribution in [3.8, 4) is 22.8 Å². The van der Waals surface area contributed by atoms with Crippen molar-refractivity contribution in [3.63, 3.8) is 0 Å². The maximum absolute atomic E-state index is 15.0. The predicted molar refractivity (Wildman–Crippen MR) is 169 cm³/mol. The van der Waals surface area contributed by atoms with Gasteiger partial charge in [0, 0.05) is 34.8 Å². The van der Waals surface area contributed by atoms with Gasteiger partial charge in [0.15, 0.2) is 0 Å². The van der Waals surface area contributed by atoms with Gasteiger partial charge in [-0.15, -0.1) is 0 Å². The second-order valence-corrected chi connectivity index (χ2v) is 13.3. The highest BCUT2D eigenvalue weighted by atomic mass is 19.4. The molecule has 1 aliphatic carbocycles. The van der Waals surface area contributed by atoms with Crippen LogP contribution in [0.3, 0.4) is 0 Å². The van der Waals surface area contributed by atoms with Crippen LogP contribution < -0.4 is 20.1 Å². The van der Waals surface area contributed by atoms with E-state index >= 15 is 0 Å². The molecule has 0 saturated heterocycles. The van der Waals surface area contributed by atoms with E-state index < -0.39 is 52.7 Å². The molecule has 0 spiro atoms. The van der Waals surface area contributed by atoms with Gasteiger partial charge in [0.25, 0.3) is 5.91 Å². The van der Waals surface area contributed by atoms with Gasteiger partial charge in [-0.05, 0) is 82.1 Å². The number of nitrogens with zero attached hydrogens (tertiary/aromatic N) is 2. The third-order valence-electron chi connectivity index (χ3n) is 8.52. The molecule has 1 aliphatic heterocycles. The van der Waals surface area contributed by atoms with Crippen molar-refractivity contribution in [1.82, 2.24) is 20.6 Å². The number of aromatic nitrogens is 2. The molecule has 4 aromatic rings. The molecule has 258 valence electrons. The highest BCUT2D eigenvalue weighted by Crippen LogP contribution is 2.48. The number of carbonyl (C=O) groups excluding carboxylic acids is 2. The Morgan fingerprint density at radius 2 is 1.76 bits per heavy atom. The number of halogens is 4. The molecule has 2 aromatic carbocycles. The Morgan fingerprint density at radius 3 is 2.41 bits per heavy atom. The lowest BCUT2D eigenvalue weighted by Crippen LogP contribution is -2.52. The lowest BCUT2D eigenvalue weighted by Gasteiger charge is -2.32. The van der Waals surface area contributed by atoms with Gasteiger partial charge in [-0.3, -0.25) is 14.6 Å². The number of pyridine rings is 2. The summed E-state index contributed by atoms with van der Waals surface area (Å²) in [5, 5.41) is 26.9. The zero-order chi connectivity index (χ0) is 35.4. The predicted octanol–water partition coefficient (Wildman–Crippen LogP) is 4.69. The number of fused-ring (bicyclic) bond motifs is 2. The molecular weight excluding hydrogens is 648 g/mol. The van der Waals surface area contributed by atoms with E-state index in [1.807, 2.05) is 0 Å². The number of rotatable bonds is 10. The number of hydrogen-bond acceptors (Lipinski definition) is 8. The van der Waals surface area contributed by atoms with Crippen LogP contribution in [-0.2, 0) is 15.8 Å². The van der Waals surface area contributed by atoms with Crippen LogP contribution >= 0.6 is 0 Å². The lowest BCUT2D eigenvalue weighted by molar-refractivity contribution is -0.265. The molecule has 3 heterocycles. The summed E-state index contributed by atoms with van der Waals surface area (Å²) < 4.78 is 70.4. The van der Waals surface area contributed by atoms with Gasteiger partial charge >= 0.3 is 6.18 Å². The lowest BCUT2D eigenvalue weighted by atomic mass is 9.81. The Balaban J connectivity index is 1.40. The number of amides is 2. The Kier molecular flexibility index (Phi) is 8.52. The highest BCUT2D eigenvalue weighted by molar-refractivity contribution is 6.00. The highest BCUT2D eigenvalue weighted by Gasteiger charge is 2.58. The summed E-state index contributed by atoms with van der Waals surface area (Å²) in [6.45, 7) is 2.56. The Morgan fingerprint density at radius 1 is 1.04 bits per heavy atom. The molecule has 49 heavy (non-hydrogen) atoms. The largest absolute Gasteiger partial charge is 0.489 e. The summed E-state index contributed by atoms with van der Waals surface area (Å²) >= 11 is 0. The molecule has 0 bridgehead atoms. The van der Waals surface area contributed by atoms with Crippen molar-refractivity contribution in [2.24, 2.45) is 0 Å². The van der Waals surface area contributed by atoms with Crippen LogP contribution in [0.1, 0.15) is 55.2 Å². The molecule has 1 unspecified atom stereocenters. The summed E-state index contributed by atoms with van der Waals surface area (Å²) in [7, 11) is 0. The number of benzene rings is 2. The quantitative estimate of drug-likeness (QED) is 0.177. The van der Waals surface area contributed by atoms with Crippen molar-refractivity contribution in [2.75, 3.05) is 19.7 Å². The molecule has 10 nitrogen and oxygen atoms in total. The minimum atomic E-state index is -5.38. The van der Waals surface area contributed by atoms with Crippen LogP contribution in [0.4, 0.5) is 17.6 Å². The van der Waals surface area contributed by atoms with Crippen molar-refractivity contribution in [2.45, 2.75) is 62.5 Å². The summed E-state index contributed by atoms with van der Waals surface area (Å²) in [4.78, 5) is 35.3. The average molecular weight is 683 g/mol. The first kappa shape index (κ1) is 34.1. The third kappa shape index (κ3) is 6.75. The van der Waals surface area contributed by atoms with Gasteiger partial charge in [-0.1, -0.05) is 6.07 Å². The first-order valence-electron chi connectivity index (χ1n) is 15.6. The zero-order valence-electron chi connectivity index (χ0n) is 26.8. The summed E-state index contributed by atoms with van der Waals surface area (Å²) in [5.74, 6) is -1.92. The van der Waals surface area contributed by atoms with Crippen LogP contribution in [-0.4, -0.2) is 69.6 Å². The van der Waals surface area contributed by atoms with Crippen molar-refractivity contribution in [1.29, 1.82) is 0 Å². The zero-order valence-corrected chi connectivity index (χ0v) is 26.8. The Labute approximate surface area is 278 Å². The van der Waals surface area contributed by atoms with E-state index in [2.05, 4.69) is 20.6 Å². The SMILES string of the molecule is CC(C)(O)CNC(=O)[C@@]1(C)COc2c1cc(C(O)(CNC(=O)c1cc(OC3CC3)c3ncccc3c1)C(F)(F)F)nc2-c1ccc(F)cc1. The van der Waals surface area contributed by atoms with Gasteiger partial charge < -0.3 is 30.3 Å². The van der Waals surface area contributed by atoms with Crippen LogP contribution in [0.25, 0.3) is 22.2 Å². The third-order valence-corrected chi connectivity index (χ3v) is 8.52. The van der Waals surface area contributed by atoms with Crippen LogP contribution in [0.2, 0.25) is 0 Å². The minimum absolute atomic E-state index is 0.0148. The molecule has 2 amide bonds. The fourth-order valence-corrected chi connectivity index (χ4v) is 5.47. The van der Waals surface area contributed by atoms with Crippen LogP contribution in [0.5, 0.6) is 11.5 Å². The van der Waals surface area contributed by atoms with Gasteiger partial charge in [0.2, 0.25) is 11.5 Å². The van der Waals surface area contributed by atoms with Gasteiger partial charge in [0.05, 0.1) is 23.9 Å².